The monoisotopic (exact) mass is 301 g/mol. The highest BCUT2D eigenvalue weighted by molar-refractivity contribution is 5.18. The lowest BCUT2D eigenvalue weighted by Crippen LogP contribution is -2.09. The van der Waals surface area contributed by atoms with Crippen LogP contribution in [0.3, 0.4) is 0 Å². The molecule has 1 aromatic rings. The van der Waals surface area contributed by atoms with E-state index in [9.17, 15) is 4.91 Å². The van der Waals surface area contributed by atoms with E-state index in [-0.39, 0.29) is 6.04 Å². The van der Waals surface area contributed by atoms with Gasteiger partial charge < -0.3 is 5.32 Å². The van der Waals surface area contributed by atoms with E-state index in [1.54, 1.807) is 0 Å². The summed E-state index contributed by atoms with van der Waals surface area (Å²) in [5.41, 5.74) is 0.973. The van der Waals surface area contributed by atoms with Gasteiger partial charge in [0.05, 0.1) is 5.36 Å². The van der Waals surface area contributed by atoms with Gasteiger partial charge in [-0.05, 0) is 62.9 Å². The summed E-state index contributed by atoms with van der Waals surface area (Å²) in [5.74, 6) is 0.740. The third-order valence-electron chi connectivity index (χ3n) is 4.40. The molecule has 1 fully saturated rings. The molecule has 0 heterocycles. The van der Waals surface area contributed by atoms with Crippen molar-refractivity contribution in [1.82, 2.24) is 5.32 Å². The standard InChI is InChI=1S/C18H27N3O/c1-19-12-6-11-18(21-22)16-9-4-5-10-17(13-16)20-14-15-7-2-3-8-15/h4-5,9-10,13,15,18-19H,2-3,6-8,11-12,14H2,1H3/b20-17+. The van der Waals surface area contributed by atoms with Crippen LogP contribution in [-0.4, -0.2) is 20.1 Å². The average molecular weight is 301 g/mol. The van der Waals surface area contributed by atoms with Gasteiger partial charge in [-0.15, -0.1) is 0 Å². The smallest absolute Gasteiger partial charge is 0.117 e. The molecule has 120 valence electrons. The summed E-state index contributed by atoms with van der Waals surface area (Å²) < 4.78 is 0. The zero-order valence-corrected chi connectivity index (χ0v) is 13.5. The molecule has 22 heavy (non-hydrogen) atoms. The minimum Gasteiger partial charge on any atom is -0.320 e. The van der Waals surface area contributed by atoms with E-state index in [2.05, 4.69) is 10.5 Å². The minimum absolute atomic E-state index is 0.277. The van der Waals surface area contributed by atoms with Crippen LogP contribution in [0.5, 0.6) is 0 Å². The summed E-state index contributed by atoms with van der Waals surface area (Å²) in [5, 5.41) is 7.39. The number of hydrogen-bond acceptors (Lipinski definition) is 4. The predicted molar refractivity (Wildman–Crippen MR) is 90.5 cm³/mol. The second-order valence-corrected chi connectivity index (χ2v) is 6.15. The highest BCUT2D eigenvalue weighted by atomic mass is 16.3. The fourth-order valence-electron chi connectivity index (χ4n) is 3.07. The number of hydrogen-bond donors (Lipinski definition) is 1. The van der Waals surface area contributed by atoms with Gasteiger partial charge in [0, 0.05) is 6.54 Å². The molecule has 1 aliphatic rings. The molecule has 1 aliphatic carbocycles. The normalized spacial score (nSPS) is 17.6. The van der Waals surface area contributed by atoms with Crippen molar-refractivity contribution < 1.29 is 0 Å². The van der Waals surface area contributed by atoms with Crippen LogP contribution in [0.15, 0.2) is 40.5 Å². The van der Waals surface area contributed by atoms with Gasteiger partial charge >= 0.3 is 0 Å². The molecule has 2 rings (SSSR count). The Balaban J connectivity index is 2.10. The Morgan fingerprint density at radius 1 is 1.27 bits per heavy atom. The molecule has 0 bridgehead atoms. The number of nitrogens with zero attached hydrogens (tertiary/aromatic N) is 2. The molecule has 0 aliphatic heterocycles. The van der Waals surface area contributed by atoms with Gasteiger partial charge in [0.2, 0.25) is 0 Å². The first-order valence-electron chi connectivity index (χ1n) is 8.41. The fourth-order valence-corrected chi connectivity index (χ4v) is 3.07. The highest BCUT2D eigenvalue weighted by Gasteiger charge is 2.14. The molecule has 0 radical (unpaired) electrons. The van der Waals surface area contributed by atoms with Crippen molar-refractivity contribution in [1.29, 1.82) is 0 Å². The Hall–Kier alpha value is -1.55. The molecular formula is C18H27N3O. The van der Waals surface area contributed by atoms with E-state index < -0.39 is 0 Å². The van der Waals surface area contributed by atoms with Gasteiger partial charge in [-0.1, -0.05) is 36.2 Å². The second-order valence-electron chi connectivity index (χ2n) is 6.15. The molecule has 0 aromatic heterocycles. The number of rotatable bonds is 8. The van der Waals surface area contributed by atoms with Crippen molar-refractivity contribution >= 4 is 0 Å². The van der Waals surface area contributed by atoms with Crippen LogP contribution in [0, 0.1) is 10.8 Å². The summed E-state index contributed by atoms with van der Waals surface area (Å²) in [6, 6.07) is 9.72. The van der Waals surface area contributed by atoms with Gasteiger partial charge in [0.1, 0.15) is 6.04 Å². The maximum atomic E-state index is 11.2. The molecule has 4 heteroatoms. The summed E-state index contributed by atoms with van der Waals surface area (Å²) in [4.78, 5) is 15.9. The quantitative estimate of drug-likeness (QED) is 0.589. The molecule has 0 spiro atoms. The van der Waals surface area contributed by atoms with Crippen molar-refractivity contribution in [3.63, 3.8) is 0 Å². The van der Waals surface area contributed by atoms with E-state index in [1.807, 2.05) is 37.4 Å². The molecule has 4 nitrogen and oxygen atoms in total. The van der Waals surface area contributed by atoms with E-state index in [4.69, 9.17) is 4.99 Å². The largest absolute Gasteiger partial charge is 0.320 e. The maximum Gasteiger partial charge on any atom is 0.117 e. The van der Waals surface area contributed by atoms with Crippen LogP contribution in [0.25, 0.3) is 0 Å². The van der Waals surface area contributed by atoms with Crippen LogP contribution in [0.4, 0.5) is 0 Å². The van der Waals surface area contributed by atoms with Gasteiger partial charge in [-0.2, -0.15) is 4.91 Å². The van der Waals surface area contributed by atoms with Crippen molar-refractivity contribution in [3.05, 3.63) is 46.2 Å². The first kappa shape index (κ1) is 16.8. The average Bonchev–Trinajstić information content (AvgIpc) is 2.95. The molecule has 1 N–H and O–H groups in total. The molecule has 1 saturated carbocycles. The second kappa shape index (κ2) is 9.46. The lowest BCUT2D eigenvalue weighted by molar-refractivity contribution is 0.557. The van der Waals surface area contributed by atoms with Crippen LogP contribution in [0.1, 0.15) is 50.1 Å². The molecule has 0 amide bonds. The minimum atomic E-state index is -0.277. The van der Waals surface area contributed by atoms with Crippen LogP contribution < -0.4 is 10.7 Å². The van der Waals surface area contributed by atoms with Crippen LogP contribution >= 0.6 is 0 Å². The van der Waals surface area contributed by atoms with Crippen molar-refractivity contribution in [3.8, 4) is 0 Å². The van der Waals surface area contributed by atoms with Crippen LogP contribution in [-0.2, 0) is 0 Å². The Kier molecular flexibility index (Phi) is 7.23. The Morgan fingerprint density at radius 3 is 2.77 bits per heavy atom. The zero-order valence-electron chi connectivity index (χ0n) is 13.5. The van der Waals surface area contributed by atoms with Crippen molar-refractivity contribution in [2.45, 2.75) is 44.6 Å². The van der Waals surface area contributed by atoms with Gasteiger partial charge in [0.25, 0.3) is 0 Å². The maximum absolute atomic E-state index is 11.2. The lowest BCUT2D eigenvalue weighted by Gasteiger charge is -2.07. The van der Waals surface area contributed by atoms with Crippen molar-refractivity contribution in [2.24, 2.45) is 16.1 Å². The van der Waals surface area contributed by atoms with E-state index >= 15 is 0 Å². The predicted octanol–water partition coefficient (Wildman–Crippen LogP) is 3.58. The highest BCUT2D eigenvalue weighted by Crippen LogP contribution is 2.24. The van der Waals surface area contributed by atoms with Gasteiger partial charge in [-0.25, -0.2) is 0 Å². The Morgan fingerprint density at radius 2 is 2.05 bits per heavy atom. The molecule has 0 saturated heterocycles. The SMILES string of the molecule is CNCCCC(N=O)c1cccc/c(=N\CC2CCCC2)c1. The van der Waals surface area contributed by atoms with Crippen molar-refractivity contribution in [2.75, 3.05) is 20.1 Å². The Labute approximate surface area is 133 Å². The number of nitroso groups, excluding NO2 is 1. The van der Waals surface area contributed by atoms with Gasteiger partial charge in [-0.3, -0.25) is 4.99 Å². The third-order valence-corrected chi connectivity index (χ3v) is 4.40. The first-order valence-corrected chi connectivity index (χ1v) is 8.41. The molecular weight excluding hydrogens is 274 g/mol. The summed E-state index contributed by atoms with van der Waals surface area (Å²) in [6.45, 7) is 1.81. The zero-order chi connectivity index (χ0) is 15.6. The third kappa shape index (κ3) is 5.34. The Bertz CT molecular complexity index is 524. The summed E-state index contributed by atoms with van der Waals surface area (Å²) in [7, 11) is 1.92. The molecule has 1 unspecified atom stereocenters. The van der Waals surface area contributed by atoms with E-state index in [1.165, 1.54) is 25.7 Å². The molecule has 1 atom stereocenters. The fraction of sp³-hybridized carbons (Fsp3) is 0.611. The number of nitrogens with one attached hydrogen (secondary N) is 1. The van der Waals surface area contributed by atoms with E-state index in [0.717, 1.165) is 42.8 Å². The topological polar surface area (TPSA) is 53.8 Å². The van der Waals surface area contributed by atoms with E-state index in [0.29, 0.717) is 0 Å². The summed E-state index contributed by atoms with van der Waals surface area (Å²) in [6.07, 6.45) is 7.01. The molecule has 1 aromatic carbocycles. The van der Waals surface area contributed by atoms with Crippen LogP contribution in [0.2, 0.25) is 0 Å². The first-order chi connectivity index (χ1) is 10.8. The van der Waals surface area contributed by atoms with Gasteiger partial charge in [0.15, 0.2) is 0 Å². The summed E-state index contributed by atoms with van der Waals surface area (Å²) >= 11 is 0. The lowest BCUT2D eigenvalue weighted by atomic mass is 10.0.